The number of aromatic nitrogens is 2. The molecule has 1 aromatic heterocycles. The standard InChI is InChI=1S/C10H15N3/c1-10(5-3-6-10)8-11-9-4-2-7-12-13-9/h2,4,7H,3,5-6,8H2,1H3,(H,11,13). The smallest absolute Gasteiger partial charge is 0.148 e. The molecule has 3 heteroatoms. The zero-order valence-corrected chi connectivity index (χ0v) is 7.95. The van der Waals surface area contributed by atoms with E-state index >= 15 is 0 Å². The van der Waals surface area contributed by atoms with Crippen LogP contribution in [0.4, 0.5) is 5.82 Å². The molecule has 1 aromatic rings. The van der Waals surface area contributed by atoms with E-state index in [0.29, 0.717) is 5.41 Å². The van der Waals surface area contributed by atoms with E-state index in [4.69, 9.17) is 0 Å². The van der Waals surface area contributed by atoms with Crippen molar-refractivity contribution in [1.82, 2.24) is 10.2 Å². The molecule has 0 radical (unpaired) electrons. The van der Waals surface area contributed by atoms with Crippen LogP contribution >= 0.6 is 0 Å². The van der Waals surface area contributed by atoms with E-state index in [1.54, 1.807) is 6.20 Å². The van der Waals surface area contributed by atoms with Crippen molar-refractivity contribution in [1.29, 1.82) is 0 Å². The second kappa shape index (κ2) is 3.32. The van der Waals surface area contributed by atoms with Gasteiger partial charge in [-0.15, -0.1) is 5.10 Å². The maximum absolute atomic E-state index is 3.98. The first-order chi connectivity index (χ1) is 6.29. The van der Waals surface area contributed by atoms with Crippen molar-refractivity contribution in [2.24, 2.45) is 5.41 Å². The quantitative estimate of drug-likeness (QED) is 0.768. The Morgan fingerprint density at radius 2 is 2.38 bits per heavy atom. The Hall–Kier alpha value is -1.12. The Morgan fingerprint density at radius 1 is 1.54 bits per heavy atom. The van der Waals surface area contributed by atoms with Gasteiger partial charge >= 0.3 is 0 Å². The third kappa shape index (κ3) is 1.97. The van der Waals surface area contributed by atoms with Crippen molar-refractivity contribution in [2.45, 2.75) is 26.2 Å². The Bertz CT molecular complexity index is 267. The lowest BCUT2D eigenvalue weighted by Crippen LogP contribution is -2.33. The van der Waals surface area contributed by atoms with E-state index in [9.17, 15) is 0 Å². The van der Waals surface area contributed by atoms with E-state index < -0.39 is 0 Å². The number of anilines is 1. The molecule has 1 fully saturated rings. The summed E-state index contributed by atoms with van der Waals surface area (Å²) in [5, 5.41) is 11.1. The zero-order valence-electron chi connectivity index (χ0n) is 7.95. The van der Waals surface area contributed by atoms with Crippen LogP contribution in [0.2, 0.25) is 0 Å². The lowest BCUT2D eigenvalue weighted by Gasteiger charge is -2.38. The minimum absolute atomic E-state index is 0.498. The second-order valence-electron chi connectivity index (χ2n) is 4.13. The average Bonchev–Trinajstić information content (AvgIpc) is 2.13. The van der Waals surface area contributed by atoms with E-state index in [2.05, 4.69) is 22.4 Å². The predicted molar refractivity (Wildman–Crippen MR) is 52.5 cm³/mol. The topological polar surface area (TPSA) is 37.8 Å². The summed E-state index contributed by atoms with van der Waals surface area (Å²) in [6, 6.07) is 3.85. The minimum Gasteiger partial charge on any atom is -0.368 e. The van der Waals surface area contributed by atoms with Gasteiger partial charge in [-0.2, -0.15) is 5.10 Å². The normalized spacial score (nSPS) is 19.2. The number of rotatable bonds is 3. The van der Waals surface area contributed by atoms with Crippen molar-refractivity contribution in [3.63, 3.8) is 0 Å². The highest BCUT2D eigenvalue weighted by molar-refractivity contribution is 5.31. The van der Waals surface area contributed by atoms with Gasteiger partial charge in [0.15, 0.2) is 0 Å². The molecule has 1 N–H and O–H groups in total. The van der Waals surface area contributed by atoms with Gasteiger partial charge in [0.25, 0.3) is 0 Å². The molecule has 0 amide bonds. The van der Waals surface area contributed by atoms with Crippen LogP contribution in [0.5, 0.6) is 0 Å². The van der Waals surface area contributed by atoms with Crippen molar-refractivity contribution in [3.8, 4) is 0 Å². The summed E-state index contributed by atoms with van der Waals surface area (Å²) >= 11 is 0. The predicted octanol–water partition coefficient (Wildman–Crippen LogP) is 2.08. The highest BCUT2D eigenvalue weighted by Crippen LogP contribution is 2.39. The Labute approximate surface area is 78.6 Å². The molecule has 0 aromatic carbocycles. The van der Waals surface area contributed by atoms with Gasteiger partial charge < -0.3 is 5.32 Å². The van der Waals surface area contributed by atoms with E-state index in [1.807, 2.05) is 12.1 Å². The average molecular weight is 177 g/mol. The first kappa shape index (κ1) is 8.48. The van der Waals surface area contributed by atoms with Gasteiger partial charge in [0.1, 0.15) is 5.82 Å². The Kier molecular flexibility index (Phi) is 2.17. The third-order valence-corrected chi connectivity index (χ3v) is 2.83. The number of hydrogen-bond acceptors (Lipinski definition) is 3. The first-order valence-corrected chi connectivity index (χ1v) is 4.80. The third-order valence-electron chi connectivity index (χ3n) is 2.83. The van der Waals surface area contributed by atoms with Gasteiger partial charge in [0.05, 0.1) is 0 Å². The molecule has 1 saturated carbocycles. The number of nitrogens with zero attached hydrogens (tertiary/aromatic N) is 2. The molecule has 1 heterocycles. The lowest BCUT2D eigenvalue weighted by atomic mass is 9.70. The van der Waals surface area contributed by atoms with Crippen molar-refractivity contribution >= 4 is 5.82 Å². The molecule has 1 aliphatic carbocycles. The van der Waals surface area contributed by atoms with Gasteiger partial charge in [0, 0.05) is 12.7 Å². The Balaban J connectivity index is 1.86. The fourth-order valence-electron chi connectivity index (χ4n) is 1.66. The van der Waals surface area contributed by atoms with Gasteiger partial charge in [-0.25, -0.2) is 0 Å². The maximum Gasteiger partial charge on any atom is 0.148 e. The van der Waals surface area contributed by atoms with Crippen molar-refractivity contribution in [3.05, 3.63) is 18.3 Å². The van der Waals surface area contributed by atoms with Crippen LogP contribution in [0.15, 0.2) is 18.3 Å². The lowest BCUT2D eigenvalue weighted by molar-refractivity contribution is 0.180. The van der Waals surface area contributed by atoms with Crippen LogP contribution in [0.25, 0.3) is 0 Å². The monoisotopic (exact) mass is 177 g/mol. The maximum atomic E-state index is 3.98. The van der Waals surface area contributed by atoms with Crippen molar-refractivity contribution in [2.75, 3.05) is 11.9 Å². The van der Waals surface area contributed by atoms with E-state index in [0.717, 1.165) is 12.4 Å². The van der Waals surface area contributed by atoms with Crippen LogP contribution in [0.1, 0.15) is 26.2 Å². The first-order valence-electron chi connectivity index (χ1n) is 4.80. The minimum atomic E-state index is 0.498. The molecule has 70 valence electrons. The summed E-state index contributed by atoms with van der Waals surface area (Å²) in [5.41, 5.74) is 0.498. The molecule has 0 unspecified atom stereocenters. The van der Waals surface area contributed by atoms with Crippen LogP contribution in [-0.2, 0) is 0 Å². The van der Waals surface area contributed by atoms with E-state index in [-0.39, 0.29) is 0 Å². The van der Waals surface area contributed by atoms with Gasteiger partial charge in [0.2, 0.25) is 0 Å². The number of hydrogen-bond donors (Lipinski definition) is 1. The molecule has 0 aliphatic heterocycles. The summed E-state index contributed by atoms with van der Waals surface area (Å²) in [6.45, 7) is 3.34. The van der Waals surface area contributed by atoms with Crippen molar-refractivity contribution < 1.29 is 0 Å². The summed E-state index contributed by atoms with van der Waals surface area (Å²) in [7, 11) is 0. The highest BCUT2D eigenvalue weighted by atomic mass is 15.2. The summed E-state index contributed by atoms with van der Waals surface area (Å²) in [6.07, 6.45) is 5.73. The molecular weight excluding hydrogens is 162 g/mol. The Morgan fingerprint density at radius 3 is 2.92 bits per heavy atom. The molecule has 1 aliphatic rings. The molecule has 0 bridgehead atoms. The summed E-state index contributed by atoms with van der Waals surface area (Å²) < 4.78 is 0. The van der Waals surface area contributed by atoms with Crippen LogP contribution in [0, 0.1) is 5.41 Å². The molecule has 2 rings (SSSR count). The summed E-state index contributed by atoms with van der Waals surface area (Å²) in [4.78, 5) is 0. The largest absolute Gasteiger partial charge is 0.368 e. The highest BCUT2D eigenvalue weighted by Gasteiger charge is 2.31. The SMILES string of the molecule is CC1(CNc2cccnn2)CCC1. The zero-order chi connectivity index (χ0) is 9.15. The summed E-state index contributed by atoms with van der Waals surface area (Å²) in [5.74, 6) is 0.885. The molecule has 13 heavy (non-hydrogen) atoms. The fraction of sp³-hybridized carbons (Fsp3) is 0.600. The molecule has 0 atom stereocenters. The molecule has 0 spiro atoms. The second-order valence-corrected chi connectivity index (χ2v) is 4.13. The molecule has 3 nitrogen and oxygen atoms in total. The van der Waals surface area contributed by atoms with E-state index in [1.165, 1.54) is 19.3 Å². The molecule has 0 saturated heterocycles. The van der Waals surface area contributed by atoms with Gasteiger partial charge in [-0.05, 0) is 30.4 Å². The van der Waals surface area contributed by atoms with Crippen LogP contribution in [-0.4, -0.2) is 16.7 Å². The number of nitrogens with one attached hydrogen (secondary N) is 1. The van der Waals surface area contributed by atoms with Crippen LogP contribution < -0.4 is 5.32 Å². The molecular formula is C10H15N3. The van der Waals surface area contributed by atoms with Crippen LogP contribution in [0.3, 0.4) is 0 Å². The fourth-order valence-corrected chi connectivity index (χ4v) is 1.66. The van der Waals surface area contributed by atoms with Gasteiger partial charge in [-0.3, -0.25) is 0 Å². The van der Waals surface area contributed by atoms with Gasteiger partial charge in [-0.1, -0.05) is 13.3 Å².